The number of rotatable bonds is 6. The summed E-state index contributed by atoms with van der Waals surface area (Å²) in [6.07, 6.45) is 4.63. The minimum absolute atomic E-state index is 0.862. The van der Waals surface area contributed by atoms with Gasteiger partial charge in [0.2, 0.25) is 0 Å². The Labute approximate surface area is 130 Å². The van der Waals surface area contributed by atoms with Crippen molar-refractivity contribution in [1.29, 1.82) is 0 Å². The number of nitrogens with zero attached hydrogens (tertiary/aromatic N) is 3. The van der Waals surface area contributed by atoms with Gasteiger partial charge in [0.1, 0.15) is 11.5 Å². The van der Waals surface area contributed by atoms with Gasteiger partial charge < -0.3 is 9.32 Å². The van der Waals surface area contributed by atoms with E-state index in [1.54, 1.807) is 0 Å². The van der Waals surface area contributed by atoms with Crippen LogP contribution in [0.2, 0.25) is 0 Å². The summed E-state index contributed by atoms with van der Waals surface area (Å²) in [4.78, 5) is 10.7. The Bertz CT molecular complexity index is 572. The van der Waals surface area contributed by atoms with Crippen molar-refractivity contribution in [2.45, 2.75) is 39.8 Å². The van der Waals surface area contributed by atoms with Crippen LogP contribution < -0.4 is 4.90 Å². The largest absolute Gasteiger partial charge is 0.465 e. The number of aryl methyl sites for hydroxylation is 1. The Morgan fingerprint density at radius 3 is 2.76 bits per heavy atom. The van der Waals surface area contributed by atoms with Crippen molar-refractivity contribution in [2.24, 2.45) is 0 Å². The first-order valence-corrected chi connectivity index (χ1v) is 8.53. The van der Waals surface area contributed by atoms with E-state index in [1.807, 2.05) is 30.5 Å². The van der Waals surface area contributed by atoms with E-state index >= 15 is 0 Å². The molecule has 0 amide bonds. The third-order valence-corrected chi connectivity index (χ3v) is 4.96. The highest BCUT2D eigenvalue weighted by Crippen LogP contribution is 2.27. The lowest BCUT2D eigenvalue weighted by molar-refractivity contribution is 0.248. The van der Waals surface area contributed by atoms with Gasteiger partial charge in [0.05, 0.1) is 6.54 Å². The van der Waals surface area contributed by atoms with Crippen LogP contribution in [0.3, 0.4) is 0 Å². The second-order valence-electron chi connectivity index (χ2n) is 5.62. The van der Waals surface area contributed by atoms with Crippen molar-refractivity contribution in [2.75, 3.05) is 24.5 Å². The first-order valence-electron chi connectivity index (χ1n) is 7.72. The van der Waals surface area contributed by atoms with Crippen molar-refractivity contribution in [1.82, 2.24) is 9.88 Å². The van der Waals surface area contributed by atoms with Gasteiger partial charge in [-0.3, -0.25) is 4.90 Å². The van der Waals surface area contributed by atoms with Gasteiger partial charge in [-0.2, -0.15) is 0 Å². The van der Waals surface area contributed by atoms with Crippen molar-refractivity contribution in [3.05, 3.63) is 34.7 Å². The van der Waals surface area contributed by atoms with E-state index in [1.165, 1.54) is 22.9 Å². The summed E-state index contributed by atoms with van der Waals surface area (Å²) in [6, 6.07) is 4.10. The van der Waals surface area contributed by atoms with Crippen LogP contribution in [0.25, 0.3) is 0 Å². The predicted molar refractivity (Wildman–Crippen MR) is 86.8 cm³/mol. The maximum atomic E-state index is 5.68. The molecule has 1 saturated heterocycles. The Kier molecular flexibility index (Phi) is 4.60. The van der Waals surface area contributed by atoms with Gasteiger partial charge in [-0.25, -0.2) is 4.98 Å². The summed E-state index contributed by atoms with van der Waals surface area (Å²) in [7, 11) is 0. The molecule has 1 aliphatic rings. The quantitative estimate of drug-likeness (QED) is 0.815. The molecule has 2 aromatic heterocycles. The van der Waals surface area contributed by atoms with Gasteiger partial charge >= 0.3 is 0 Å². The summed E-state index contributed by atoms with van der Waals surface area (Å²) in [6.45, 7) is 9.33. The van der Waals surface area contributed by atoms with Crippen LogP contribution >= 0.6 is 11.3 Å². The number of aromatic nitrogens is 1. The molecular formula is C16H23N3OS. The van der Waals surface area contributed by atoms with Crippen LogP contribution in [0.4, 0.5) is 5.13 Å². The van der Waals surface area contributed by atoms with Gasteiger partial charge in [-0.1, -0.05) is 6.92 Å². The van der Waals surface area contributed by atoms with Crippen LogP contribution in [0, 0.1) is 6.92 Å². The highest BCUT2D eigenvalue weighted by atomic mass is 32.1. The predicted octanol–water partition coefficient (Wildman–Crippen LogP) is 3.67. The van der Waals surface area contributed by atoms with Gasteiger partial charge in [0.15, 0.2) is 5.13 Å². The molecule has 1 aliphatic heterocycles. The first-order chi connectivity index (χ1) is 10.2. The standard InChI is InChI=1S/C16H23N3OS/c1-3-18(11-14-7-6-13(2)20-14)12-15-10-17-16(21-15)19-8-4-5-9-19/h6-7,10H,3-5,8-9,11-12H2,1-2H3. The molecule has 0 aromatic carbocycles. The molecule has 3 heterocycles. The minimum atomic E-state index is 0.862. The average Bonchev–Trinajstić information content (AvgIpc) is 3.19. The summed E-state index contributed by atoms with van der Waals surface area (Å²) < 4.78 is 5.68. The third kappa shape index (κ3) is 3.66. The van der Waals surface area contributed by atoms with E-state index in [2.05, 4.69) is 27.8 Å². The molecule has 1 fully saturated rings. The zero-order valence-electron chi connectivity index (χ0n) is 12.8. The molecule has 0 N–H and O–H groups in total. The smallest absolute Gasteiger partial charge is 0.185 e. The maximum absolute atomic E-state index is 5.68. The fraction of sp³-hybridized carbons (Fsp3) is 0.562. The van der Waals surface area contributed by atoms with Crippen LogP contribution in [0.15, 0.2) is 22.7 Å². The molecule has 0 unspecified atom stereocenters. The van der Waals surface area contributed by atoms with Crippen LogP contribution in [-0.2, 0) is 13.1 Å². The Morgan fingerprint density at radius 2 is 2.10 bits per heavy atom. The summed E-state index contributed by atoms with van der Waals surface area (Å²) >= 11 is 1.83. The van der Waals surface area contributed by atoms with Crippen LogP contribution in [0.1, 0.15) is 36.2 Å². The normalized spacial score (nSPS) is 15.3. The molecule has 0 radical (unpaired) electrons. The van der Waals surface area contributed by atoms with E-state index in [9.17, 15) is 0 Å². The highest BCUT2D eigenvalue weighted by molar-refractivity contribution is 7.15. The van der Waals surface area contributed by atoms with E-state index in [4.69, 9.17) is 4.42 Å². The molecule has 0 spiro atoms. The number of anilines is 1. The second kappa shape index (κ2) is 6.62. The molecule has 21 heavy (non-hydrogen) atoms. The van der Waals surface area contributed by atoms with Gasteiger partial charge in [-0.05, 0) is 38.4 Å². The SMILES string of the molecule is CCN(Cc1ccc(C)o1)Cc1cnc(N2CCCC2)s1. The Hall–Kier alpha value is -1.33. The van der Waals surface area contributed by atoms with E-state index in [0.717, 1.165) is 44.2 Å². The molecule has 0 atom stereocenters. The molecule has 4 nitrogen and oxygen atoms in total. The Balaban J connectivity index is 1.61. The molecule has 0 saturated carbocycles. The van der Waals surface area contributed by atoms with E-state index in [0.29, 0.717) is 0 Å². The minimum Gasteiger partial charge on any atom is -0.465 e. The van der Waals surface area contributed by atoms with E-state index in [-0.39, 0.29) is 0 Å². The third-order valence-electron chi connectivity index (χ3n) is 3.92. The summed E-state index contributed by atoms with van der Waals surface area (Å²) in [5, 5.41) is 1.19. The molecule has 114 valence electrons. The van der Waals surface area contributed by atoms with Gasteiger partial charge in [-0.15, -0.1) is 11.3 Å². The molecule has 3 rings (SSSR count). The lowest BCUT2D eigenvalue weighted by atomic mass is 10.3. The zero-order chi connectivity index (χ0) is 14.7. The molecule has 2 aromatic rings. The monoisotopic (exact) mass is 305 g/mol. The number of thiazole rings is 1. The lowest BCUT2D eigenvalue weighted by Gasteiger charge is -2.18. The zero-order valence-corrected chi connectivity index (χ0v) is 13.7. The topological polar surface area (TPSA) is 32.5 Å². The van der Waals surface area contributed by atoms with Crippen molar-refractivity contribution < 1.29 is 4.42 Å². The summed E-state index contributed by atoms with van der Waals surface area (Å²) in [5.74, 6) is 2.02. The van der Waals surface area contributed by atoms with Crippen molar-refractivity contribution >= 4 is 16.5 Å². The van der Waals surface area contributed by atoms with Gasteiger partial charge in [0.25, 0.3) is 0 Å². The van der Waals surface area contributed by atoms with Crippen LogP contribution in [-0.4, -0.2) is 29.5 Å². The molecule has 0 aliphatic carbocycles. The van der Waals surface area contributed by atoms with Crippen LogP contribution in [0.5, 0.6) is 0 Å². The van der Waals surface area contributed by atoms with Crippen molar-refractivity contribution in [3.8, 4) is 0 Å². The second-order valence-corrected chi connectivity index (χ2v) is 6.71. The number of hydrogen-bond donors (Lipinski definition) is 0. The van der Waals surface area contributed by atoms with E-state index < -0.39 is 0 Å². The van der Waals surface area contributed by atoms with Crippen molar-refractivity contribution in [3.63, 3.8) is 0 Å². The summed E-state index contributed by atoms with van der Waals surface area (Å²) in [5.41, 5.74) is 0. The fourth-order valence-electron chi connectivity index (χ4n) is 2.72. The number of hydrogen-bond acceptors (Lipinski definition) is 5. The first kappa shape index (κ1) is 14.6. The number of furan rings is 1. The lowest BCUT2D eigenvalue weighted by Crippen LogP contribution is -2.21. The molecule has 5 heteroatoms. The molecule has 0 bridgehead atoms. The average molecular weight is 305 g/mol. The highest BCUT2D eigenvalue weighted by Gasteiger charge is 2.16. The maximum Gasteiger partial charge on any atom is 0.185 e. The molecular weight excluding hydrogens is 282 g/mol. The fourth-order valence-corrected chi connectivity index (χ4v) is 3.72. The van der Waals surface area contributed by atoms with Gasteiger partial charge in [0, 0.05) is 30.7 Å². The Morgan fingerprint density at radius 1 is 1.29 bits per heavy atom.